The van der Waals surface area contributed by atoms with E-state index in [-0.39, 0.29) is 17.8 Å². The standard InChI is InChI=1S/C35H31FN8O/c36-27-10-8-22(9-11-27)32-33(44(28-14-17-37-18-15-28)34(41-32)23-6-7-23)29-12-13-31-39-30(21-43(31)42-29)40-35(45)25-4-1-3-24(19-25)26-5-2-16-38-20-26/h1-5,8-13,16,19-21,23,28,37H,6-7,14-15,17-18H2,(H,40,45). The normalized spacial score (nSPS) is 15.4. The van der Waals surface area contributed by atoms with E-state index in [9.17, 15) is 9.18 Å². The van der Waals surface area contributed by atoms with Crippen molar-refractivity contribution in [1.82, 2.24) is 34.4 Å². The number of pyridine rings is 1. The van der Waals surface area contributed by atoms with Crippen LogP contribution in [-0.4, -0.2) is 48.1 Å². The van der Waals surface area contributed by atoms with Crippen LogP contribution >= 0.6 is 0 Å². The fraction of sp³-hybridized carbons (Fsp3) is 0.229. The summed E-state index contributed by atoms with van der Waals surface area (Å²) in [6.07, 6.45) is 9.45. The van der Waals surface area contributed by atoms with Crippen molar-refractivity contribution in [2.75, 3.05) is 18.4 Å². The Labute approximate surface area is 259 Å². The van der Waals surface area contributed by atoms with Crippen molar-refractivity contribution < 1.29 is 9.18 Å². The number of hydrogen-bond donors (Lipinski definition) is 2. The fourth-order valence-electron chi connectivity index (χ4n) is 6.20. The molecule has 0 radical (unpaired) electrons. The summed E-state index contributed by atoms with van der Waals surface area (Å²) in [5.41, 5.74) is 6.32. The first-order valence-corrected chi connectivity index (χ1v) is 15.4. The first kappa shape index (κ1) is 27.3. The minimum Gasteiger partial charge on any atom is -0.323 e. The van der Waals surface area contributed by atoms with E-state index < -0.39 is 0 Å². The Kier molecular flexibility index (Phi) is 6.91. The maximum atomic E-state index is 13.9. The van der Waals surface area contributed by atoms with E-state index in [0.717, 1.165) is 78.4 Å². The molecule has 2 aliphatic rings. The number of amides is 1. The third-order valence-electron chi connectivity index (χ3n) is 8.60. The predicted octanol–water partition coefficient (Wildman–Crippen LogP) is 6.52. The van der Waals surface area contributed by atoms with Crippen LogP contribution < -0.4 is 10.6 Å². The highest BCUT2D eigenvalue weighted by atomic mass is 19.1. The van der Waals surface area contributed by atoms with E-state index in [1.54, 1.807) is 41.3 Å². The van der Waals surface area contributed by atoms with Gasteiger partial charge in [0.15, 0.2) is 11.5 Å². The zero-order chi connectivity index (χ0) is 30.3. The molecule has 1 saturated heterocycles. The van der Waals surface area contributed by atoms with Crippen molar-refractivity contribution in [1.29, 1.82) is 0 Å². The minimum atomic E-state index is -0.281. The minimum absolute atomic E-state index is 0.263. The number of hydrogen-bond acceptors (Lipinski definition) is 6. The number of imidazole rings is 2. The number of carbonyl (C=O) groups excluding carboxylic acids is 1. The molecule has 1 aliphatic carbocycles. The van der Waals surface area contributed by atoms with Crippen molar-refractivity contribution in [3.8, 4) is 33.8 Å². The van der Waals surface area contributed by atoms with E-state index in [0.29, 0.717) is 22.9 Å². The van der Waals surface area contributed by atoms with Gasteiger partial charge in [-0.2, -0.15) is 5.10 Å². The average Bonchev–Trinajstić information content (AvgIpc) is 3.74. The van der Waals surface area contributed by atoms with Gasteiger partial charge in [-0.15, -0.1) is 0 Å². The van der Waals surface area contributed by atoms with Gasteiger partial charge in [0.1, 0.15) is 17.3 Å². The zero-order valence-electron chi connectivity index (χ0n) is 24.5. The Balaban J connectivity index is 1.16. The summed E-state index contributed by atoms with van der Waals surface area (Å²) < 4.78 is 18.0. The Bertz CT molecular complexity index is 2010. The molecule has 45 heavy (non-hydrogen) atoms. The van der Waals surface area contributed by atoms with Crippen LogP contribution in [0.1, 0.15) is 53.8 Å². The monoisotopic (exact) mass is 598 g/mol. The van der Waals surface area contributed by atoms with Crippen molar-refractivity contribution in [3.05, 3.63) is 109 Å². The van der Waals surface area contributed by atoms with Crippen molar-refractivity contribution in [2.45, 2.75) is 37.6 Å². The lowest BCUT2D eigenvalue weighted by Crippen LogP contribution is -2.30. The topological polar surface area (TPSA) is 102 Å². The van der Waals surface area contributed by atoms with Gasteiger partial charge < -0.3 is 15.2 Å². The van der Waals surface area contributed by atoms with E-state index in [4.69, 9.17) is 10.1 Å². The molecule has 1 saturated carbocycles. The summed E-state index contributed by atoms with van der Waals surface area (Å²) in [6, 6.07) is 22.0. The summed E-state index contributed by atoms with van der Waals surface area (Å²) in [5.74, 6) is 1.37. The van der Waals surface area contributed by atoms with Crippen LogP contribution in [0.2, 0.25) is 0 Å². The van der Waals surface area contributed by atoms with Gasteiger partial charge in [-0.1, -0.05) is 18.2 Å². The second kappa shape index (κ2) is 11.4. The molecule has 1 aliphatic heterocycles. The summed E-state index contributed by atoms with van der Waals surface area (Å²) in [4.78, 5) is 27.3. The van der Waals surface area contributed by atoms with Crippen LogP contribution in [0.25, 0.3) is 39.4 Å². The number of aromatic nitrogens is 6. The molecule has 8 rings (SSSR count). The van der Waals surface area contributed by atoms with Crippen molar-refractivity contribution >= 4 is 17.4 Å². The van der Waals surface area contributed by atoms with Crippen LogP contribution in [-0.2, 0) is 0 Å². The molecule has 1 amide bonds. The van der Waals surface area contributed by atoms with Crippen LogP contribution in [0.5, 0.6) is 0 Å². The quantitative estimate of drug-likeness (QED) is 0.217. The predicted molar refractivity (Wildman–Crippen MR) is 170 cm³/mol. The number of halogens is 1. The average molecular weight is 599 g/mol. The van der Waals surface area contributed by atoms with Gasteiger partial charge in [0.2, 0.25) is 0 Å². The van der Waals surface area contributed by atoms with Gasteiger partial charge in [-0.05, 0) is 98.9 Å². The molecule has 5 heterocycles. The molecule has 0 bridgehead atoms. The van der Waals surface area contributed by atoms with Gasteiger partial charge in [-0.3, -0.25) is 9.78 Å². The van der Waals surface area contributed by atoms with Crippen LogP contribution in [0.4, 0.5) is 10.2 Å². The van der Waals surface area contributed by atoms with E-state index >= 15 is 0 Å². The number of benzene rings is 2. The molecule has 0 atom stereocenters. The summed E-state index contributed by atoms with van der Waals surface area (Å²) >= 11 is 0. The highest BCUT2D eigenvalue weighted by Gasteiger charge is 2.35. The molecule has 0 spiro atoms. The molecule has 6 aromatic rings. The number of carbonyl (C=O) groups is 1. The van der Waals surface area contributed by atoms with Crippen LogP contribution in [0.15, 0.2) is 91.4 Å². The maximum absolute atomic E-state index is 13.9. The molecule has 2 N–H and O–H groups in total. The molecular formula is C35H31FN8O. The van der Waals surface area contributed by atoms with Crippen LogP contribution in [0, 0.1) is 5.82 Å². The number of nitrogens with one attached hydrogen (secondary N) is 2. The first-order valence-electron chi connectivity index (χ1n) is 15.4. The zero-order valence-corrected chi connectivity index (χ0v) is 24.5. The van der Waals surface area contributed by atoms with Crippen LogP contribution in [0.3, 0.4) is 0 Å². The molecule has 10 heteroatoms. The highest BCUT2D eigenvalue weighted by molar-refractivity contribution is 6.04. The van der Waals surface area contributed by atoms with E-state index in [2.05, 4.69) is 25.2 Å². The smallest absolute Gasteiger partial charge is 0.256 e. The third-order valence-corrected chi connectivity index (χ3v) is 8.60. The second-order valence-corrected chi connectivity index (χ2v) is 11.7. The number of fused-ring (bicyclic) bond motifs is 1. The highest BCUT2D eigenvalue weighted by Crippen LogP contribution is 2.46. The Morgan fingerprint density at radius 2 is 1.71 bits per heavy atom. The summed E-state index contributed by atoms with van der Waals surface area (Å²) in [5, 5.41) is 11.4. The largest absolute Gasteiger partial charge is 0.323 e. The number of nitrogens with zero attached hydrogens (tertiary/aromatic N) is 6. The molecular weight excluding hydrogens is 567 g/mol. The second-order valence-electron chi connectivity index (χ2n) is 11.7. The summed E-state index contributed by atoms with van der Waals surface area (Å²) in [6.45, 7) is 1.89. The number of piperidine rings is 1. The maximum Gasteiger partial charge on any atom is 0.256 e. The van der Waals surface area contributed by atoms with Gasteiger partial charge >= 0.3 is 0 Å². The van der Waals surface area contributed by atoms with Crippen molar-refractivity contribution in [3.63, 3.8) is 0 Å². The van der Waals surface area contributed by atoms with Gasteiger partial charge in [-0.25, -0.2) is 18.9 Å². The molecule has 2 fully saturated rings. The molecule has 2 aromatic carbocycles. The van der Waals surface area contributed by atoms with Crippen molar-refractivity contribution in [2.24, 2.45) is 0 Å². The lowest BCUT2D eigenvalue weighted by atomic mass is 10.0. The third kappa shape index (κ3) is 5.38. The Morgan fingerprint density at radius 3 is 2.49 bits per heavy atom. The SMILES string of the molecule is O=C(Nc1cn2nc(-c3c(-c4ccc(F)cc4)nc(C4CC4)n3C3CCNCC3)ccc2n1)c1cccc(-c2cccnc2)c1. The number of rotatable bonds is 7. The fourth-order valence-corrected chi connectivity index (χ4v) is 6.20. The summed E-state index contributed by atoms with van der Waals surface area (Å²) in [7, 11) is 0. The lowest BCUT2D eigenvalue weighted by molar-refractivity contribution is 0.102. The molecule has 4 aromatic heterocycles. The Morgan fingerprint density at radius 1 is 0.889 bits per heavy atom. The van der Waals surface area contributed by atoms with E-state index in [1.165, 1.54) is 12.1 Å². The first-order chi connectivity index (χ1) is 22.1. The van der Waals surface area contributed by atoms with E-state index in [1.807, 2.05) is 42.5 Å². The molecule has 0 unspecified atom stereocenters. The van der Waals surface area contributed by atoms with Gasteiger partial charge in [0, 0.05) is 41.0 Å². The Hall–Kier alpha value is -5.22. The molecule has 224 valence electrons. The number of anilines is 1. The van der Waals surface area contributed by atoms with Gasteiger partial charge in [0.05, 0.1) is 17.6 Å². The lowest BCUT2D eigenvalue weighted by Gasteiger charge is -2.27. The van der Waals surface area contributed by atoms with Gasteiger partial charge in [0.25, 0.3) is 5.91 Å². The molecule has 9 nitrogen and oxygen atoms in total.